The molecule has 1 saturated heterocycles. The Morgan fingerprint density at radius 3 is 2.47 bits per heavy atom. The number of hydrogen-bond acceptors (Lipinski definition) is 5. The smallest absolute Gasteiger partial charge is 0.261 e. The molecule has 2 aliphatic heterocycles. The topological polar surface area (TPSA) is 73.0 Å². The highest BCUT2D eigenvalue weighted by molar-refractivity contribution is 6.21. The Morgan fingerprint density at radius 1 is 0.967 bits per heavy atom. The van der Waals surface area contributed by atoms with Gasteiger partial charge in [-0.15, -0.1) is 0 Å². The molecule has 0 radical (unpaired) electrons. The van der Waals surface area contributed by atoms with E-state index in [0.29, 0.717) is 23.4 Å². The molecule has 156 valence electrons. The molecule has 3 amide bonds. The van der Waals surface area contributed by atoms with Crippen LogP contribution in [0.15, 0.2) is 42.5 Å². The number of nitrogens with one attached hydrogen (secondary N) is 1. The summed E-state index contributed by atoms with van der Waals surface area (Å²) >= 11 is 0. The van der Waals surface area contributed by atoms with Gasteiger partial charge in [-0.05, 0) is 48.9 Å². The molecule has 2 aliphatic rings. The number of imide groups is 1. The molecule has 0 aliphatic carbocycles. The molecule has 0 aromatic heterocycles. The van der Waals surface area contributed by atoms with E-state index in [9.17, 15) is 18.8 Å². The van der Waals surface area contributed by atoms with Gasteiger partial charge in [-0.3, -0.25) is 24.2 Å². The van der Waals surface area contributed by atoms with Crippen molar-refractivity contribution >= 4 is 29.1 Å². The summed E-state index contributed by atoms with van der Waals surface area (Å²) in [7, 11) is 1.44. The molecule has 1 N–H and O–H groups in total. The van der Waals surface area contributed by atoms with Gasteiger partial charge in [0.1, 0.15) is 5.82 Å². The summed E-state index contributed by atoms with van der Waals surface area (Å²) in [4.78, 5) is 42.0. The van der Waals surface area contributed by atoms with Crippen molar-refractivity contribution in [3.8, 4) is 0 Å². The number of carbonyl (C=O) groups is 3. The van der Waals surface area contributed by atoms with Crippen LogP contribution in [0.25, 0.3) is 0 Å². The zero-order chi connectivity index (χ0) is 21.3. The summed E-state index contributed by atoms with van der Waals surface area (Å²) in [6.07, 6.45) is 0.895. The first-order valence-electron chi connectivity index (χ1n) is 9.91. The summed E-state index contributed by atoms with van der Waals surface area (Å²) in [6.45, 7) is 3.33. The van der Waals surface area contributed by atoms with Crippen LogP contribution < -0.4 is 10.2 Å². The van der Waals surface area contributed by atoms with Crippen LogP contribution in [-0.4, -0.2) is 67.3 Å². The molecule has 0 saturated carbocycles. The third-order valence-electron chi connectivity index (χ3n) is 5.52. The summed E-state index contributed by atoms with van der Waals surface area (Å²) in [5, 5.41) is 2.82. The standard InChI is InChI=1S/C22H23FN4O3/c1-25-21(29)18-8-5-16(13-19(18)22(25)30)24-20(28)14-26-9-2-10-27(12-11-26)17-6-3-15(23)4-7-17/h3-8,13H,2,9-12,14H2,1H3,(H,24,28). The van der Waals surface area contributed by atoms with Gasteiger partial charge in [-0.1, -0.05) is 0 Å². The van der Waals surface area contributed by atoms with Crippen LogP contribution in [0.1, 0.15) is 27.1 Å². The number of carbonyl (C=O) groups excluding carboxylic acids is 3. The first-order chi connectivity index (χ1) is 14.4. The minimum atomic E-state index is -0.362. The number of rotatable bonds is 4. The fourth-order valence-electron chi connectivity index (χ4n) is 3.88. The number of amides is 3. The van der Waals surface area contributed by atoms with Gasteiger partial charge in [-0.2, -0.15) is 0 Å². The first kappa shape index (κ1) is 20.0. The molecule has 0 atom stereocenters. The van der Waals surface area contributed by atoms with Crippen molar-refractivity contribution in [1.29, 1.82) is 0 Å². The van der Waals surface area contributed by atoms with Crippen LogP contribution in [0, 0.1) is 5.82 Å². The lowest BCUT2D eigenvalue weighted by Crippen LogP contribution is -2.36. The molecule has 2 aromatic carbocycles. The molecular weight excluding hydrogens is 387 g/mol. The predicted molar refractivity (Wildman–Crippen MR) is 111 cm³/mol. The highest BCUT2D eigenvalue weighted by Crippen LogP contribution is 2.25. The van der Waals surface area contributed by atoms with Crippen molar-refractivity contribution < 1.29 is 18.8 Å². The fourth-order valence-corrected chi connectivity index (χ4v) is 3.88. The van der Waals surface area contributed by atoms with Crippen LogP contribution in [0.4, 0.5) is 15.8 Å². The van der Waals surface area contributed by atoms with Crippen LogP contribution in [0.2, 0.25) is 0 Å². The average molecular weight is 410 g/mol. The molecule has 0 unspecified atom stereocenters. The van der Waals surface area contributed by atoms with E-state index < -0.39 is 0 Å². The molecule has 0 spiro atoms. The van der Waals surface area contributed by atoms with Gasteiger partial charge in [0.25, 0.3) is 11.8 Å². The Morgan fingerprint density at radius 2 is 1.70 bits per heavy atom. The Hall–Kier alpha value is -3.26. The fraction of sp³-hybridized carbons (Fsp3) is 0.318. The summed E-state index contributed by atoms with van der Waals surface area (Å²) in [5.74, 6) is -1.12. The number of halogens is 1. The van der Waals surface area contributed by atoms with Crippen LogP contribution >= 0.6 is 0 Å². The van der Waals surface area contributed by atoms with Crippen molar-refractivity contribution in [3.63, 3.8) is 0 Å². The Labute approximate surface area is 174 Å². The lowest BCUT2D eigenvalue weighted by Gasteiger charge is -2.23. The van der Waals surface area contributed by atoms with Gasteiger partial charge in [0.05, 0.1) is 17.7 Å². The van der Waals surface area contributed by atoms with Crippen LogP contribution in [0.5, 0.6) is 0 Å². The van der Waals surface area contributed by atoms with Gasteiger partial charge >= 0.3 is 0 Å². The number of anilines is 2. The first-order valence-corrected chi connectivity index (χ1v) is 9.91. The van der Waals surface area contributed by atoms with Gasteiger partial charge in [0.15, 0.2) is 0 Å². The molecular formula is C22H23FN4O3. The molecule has 7 nitrogen and oxygen atoms in total. The maximum atomic E-state index is 13.1. The van der Waals surface area contributed by atoms with Gasteiger partial charge < -0.3 is 10.2 Å². The molecule has 4 rings (SSSR count). The molecule has 8 heteroatoms. The van der Waals surface area contributed by atoms with Crippen LogP contribution in [0.3, 0.4) is 0 Å². The van der Waals surface area contributed by atoms with E-state index >= 15 is 0 Å². The summed E-state index contributed by atoms with van der Waals surface area (Å²) in [5.41, 5.74) is 2.14. The van der Waals surface area contributed by atoms with Gasteiger partial charge in [0, 0.05) is 44.6 Å². The molecule has 0 bridgehead atoms. The third kappa shape index (κ3) is 4.04. The summed E-state index contributed by atoms with van der Waals surface area (Å²) in [6, 6.07) is 11.2. The second kappa shape index (κ2) is 8.23. The Balaban J connectivity index is 1.34. The van der Waals surface area contributed by atoms with Crippen molar-refractivity contribution in [2.24, 2.45) is 0 Å². The monoisotopic (exact) mass is 410 g/mol. The summed E-state index contributed by atoms with van der Waals surface area (Å²) < 4.78 is 13.1. The highest BCUT2D eigenvalue weighted by Gasteiger charge is 2.32. The second-order valence-electron chi connectivity index (χ2n) is 7.57. The Kier molecular flexibility index (Phi) is 5.50. The number of benzene rings is 2. The lowest BCUT2D eigenvalue weighted by molar-refractivity contribution is -0.117. The zero-order valence-corrected chi connectivity index (χ0v) is 16.7. The van der Waals surface area contributed by atoms with Gasteiger partial charge in [-0.25, -0.2) is 4.39 Å². The normalized spacial score (nSPS) is 17.1. The van der Waals surface area contributed by atoms with E-state index in [2.05, 4.69) is 15.1 Å². The maximum Gasteiger partial charge on any atom is 0.261 e. The van der Waals surface area contributed by atoms with E-state index in [0.717, 1.165) is 36.6 Å². The van der Waals surface area contributed by atoms with Crippen LogP contribution in [-0.2, 0) is 4.79 Å². The number of fused-ring (bicyclic) bond motifs is 1. The highest BCUT2D eigenvalue weighted by atomic mass is 19.1. The average Bonchev–Trinajstić information content (AvgIpc) is 2.89. The number of hydrogen-bond donors (Lipinski definition) is 1. The molecule has 2 aromatic rings. The maximum absolute atomic E-state index is 13.1. The lowest BCUT2D eigenvalue weighted by atomic mass is 10.1. The SMILES string of the molecule is CN1C(=O)c2ccc(NC(=O)CN3CCCN(c4ccc(F)cc4)CC3)cc2C1=O. The predicted octanol–water partition coefficient (Wildman–Crippen LogP) is 2.20. The van der Waals surface area contributed by atoms with Gasteiger partial charge in [0.2, 0.25) is 5.91 Å². The van der Waals surface area contributed by atoms with Crippen molar-refractivity contribution in [3.05, 3.63) is 59.4 Å². The zero-order valence-electron chi connectivity index (χ0n) is 16.7. The third-order valence-corrected chi connectivity index (χ3v) is 5.52. The van der Waals surface area contributed by atoms with E-state index in [4.69, 9.17) is 0 Å². The van der Waals surface area contributed by atoms with E-state index in [1.165, 1.54) is 19.2 Å². The minimum absolute atomic E-state index is 0.171. The quantitative estimate of drug-likeness (QED) is 0.783. The Bertz CT molecular complexity index is 992. The number of nitrogens with zero attached hydrogens (tertiary/aromatic N) is 3. The minimum Gasteiger partial charge on any atom is -0.370 e. The largest absolute Gasteiger partial charge is 0.370 e. The van der Waals surface area contributed by atoms with E-state index in [1.807, 2.05) is 0 Å². The molecule has 2 heterocycles. The second-order valence-corrected chi connectivity index (χ2v) is 7.57. The molecule has 1 fully saturated rings. The van der Waals surface area contributed by atoms with Crippen molar-refractivity contribution in [2.75, 3.05) is 50.0 Å². The van der Waals surface area contributed by atoms with Crippen molar-refractivity contribution in [1.82, 2.24) is 9.80 Å². The van der Waals surface area contributed by atoms with E-state index in [1.54, 1.807) is 30.3 Å². The van der Waals surface area contributed by atoms with Crippen molar-refractivity contribution in [2.45, 2.75) is 6.42 Å². The van der Waals surface area contributed by atoms with E-state index in [-0.39, 0.29) is 30.1 Å². The molecule has 30 heavy (non-hydrogen) atoms.